The number of hydrogen-bond donors (Lipinski definition) is 0. The molecule has 0 aliphatic heterocycles. The van der Waals surface area contributed by atoms with E-state index in [9.17, 15) is 22.4 Å². The Morgan fingerprint density at radius 1 is 1.44 bits per heavy atom. The molecule has 0 N–H and O–H groups in total. The lowest BCUT2D eigenvalue weighted by molar-refractivity contribution is -0.138. The number of esters is 1. The van der Waals surface area contributed by atoms with Gasteiger partial charge in [-0.25, -0.2) is 9.18 Å². The molecular formula is C11H7F4NO2. The average Bonchev–Trinajstić information content (AvgIpc) is 2.26. The van der Waals surface area contributed by atoms with Crippen LogP contribution in [0.15, 0.2) is 12.1 Å². The molecule has 1 aromatic rings. The van der Waals surface area contributed by atoms with Gasteiger partial charge in [0.15, 0.2) is 0 Å². The maximum Gasteiger partial charge on any atom is 0.417 e. The largest absolute Gasteiger partial charge is 0.462 e. The monoisotopic (exact) mass is 261 g/mol. The third kappa shape index (κ3) is 2.77. The quantitative estimate of drug-likeness (QED) is 0.607. The van der Waals surface area contributed by atoms with Gasteiger partial charge in [-0.3, -0.25) is 0 Å². The Morgan fingerprint density at radius 2 is 2.06 bits per heavy atom. The van der Waals surface area contributed by atoms with Crippen molar-refractivity contribution < 1.29 is 27.1 Å². The molecule has 0 bridgehead atoms. The Morgan fingerprint density at radius 3 is 2.50 bits per heavy atom. The first kappa shape index (κ1) is 14.0. The van der Waals surface area contributed by atoms with E-state index < -0.39 is 34.7 Å². The summed E-state index contributed by atoms with van der Waals surface area (Å²) in [5.41, 5.74) is -3.19. The van der Waals surface area contributed by atoms with E-state index in [4.69, 9.17) is 5.26 Å². The van der Waals surface area contributed by atoms with Gasteiger partial charge in [0.2, 0.25) is 0 Å². The molecule has 1 rings (SSSR count). The third-order valence-corrected chi connectivity index (χ3v) is 2.01. The highest BCUT2D eigenvalue weighted by atomic mass is 19.4. The van der Waals surface area contributed by atoms with Gasteiger partial charge in [0.05, 0.1) is 23.3 Å². The minimum atomic E-state index is -4.95. The highest BCUT2D eigenvalue weighted by Gasteiger charge is 2.38. The van der Waals surface area contributed by atoms with Crippen LogP contribution >= 0.6 is 0 Å². The van der Waals surface area contributed by atoms with Crippen LogP contribution in [0, 0.1) is 17.1 Å². The van der Waals surface area contributed by atoms with Crippen LogP contribution in [0.2, 0.25) is 0 Å². The average molecular weight is 261 g/mol. The van der Waals surface area contributed by atoms with Crippen LogP contribution in [0.25, 0.3) is 0 Å². The SMILES string of the molecule is CCOC(=O)c1c(C#N)cc(F)cc1C(F)(F)F. The summed E-state index contributed by atoms with van der Waals surface area (Å²) in [4.78, 5) is 11.4. The molecule has 0 atom stereocenters. The van der Waals surface area contributed by atoms with Crippen LogP contribution in [0.5, 0.6) is 0 Å². The van der Waals surface area contributed by atoms with Gasteiger partial charge in [0.1, 0.15) is 11.9 Å². The number of hydrogen-bond acceptors (Lipinski definition) is 3. The number of nitriles is 1. The molecule has 0 spiro atoms. The van der Waals surface area contributed by atoms with Crippen LogP contribution in [0.1, 0.15) is 28.4 Å². The van der Waals surface area contributed by atoms with E-state index >= 15 is 0 Å². The lowest BCUT2D eigenvalue weighted by Crippen LogP contribution is -2.17. The molecule has 18 heavy (non-hydrogen) atoms. The van der Waals surface area contributed by atoms with Gasteiger partial charge in [0.25, 0.3) is 0 Å². The van der Waals surface area contributed by atoms with Crippen LogP contribution in [0.4, 0.5) is 17.6 Å². The predicted octanol–water partition coefficient (Wildman–Crippen LogP) is 2.89. The van der Waals surface area contributed by atoms with Gasteiger partial charge in [-0.05, 0) is 19.1 Å². The van der Waals surface area contributed by atoms with Crippen molar-refractivity contribution in [1.29, 1.82) is 5.26 Å². The van der Waals surface area contributed by atoms with Crippen LogP contribution in [0.3, 0.4) is 0 Å². The molecule has 0 unspecified atom stereocenters. The number of ether oxygens (including phenoxy) is 1. The van der Waals surface area contributed by atoms with E-state index in [-0.39, 0.29) is 12.7 Å². The predicted molar refractivity (Wildman–Crippen MR) is 52.1 cm³/mol. The number of halogens is 4. The second-order valence-corrected chi connectivity index (χ2v) is 3.21. The molecule has 0 amide bonds. The molecule has 0 saturated heterocycles. The molecule has 3 nitrogen and oxygen atoms in total. The molecule has 96 valence electrons. The van der Waals surface area contributed by atoms with Crippen molar-refractivity contribution in [3.05, 3.63) is 34.6 Å². The minimum absolute atomic E-state index is 0.154. The molecule has 0 radical (unpaired) electrons. The number of nitrogens with zero attached hydrogens (tertiary/aromatic N) is 1. The number of rotatable bonds is 2. The summed E-state index contributed by atoms with van der Waals surface area (Å²) in [6.45, 7) is 1.25. The van der Waals surface area contributed by atoms with E-state index in [1.807, 2.05) is 0 Å². The highest BCUT2D eigenvalue weighted by molar-refractivity contribution is 5.94. The van der Waals surface area contributed by atoms with E-state index in [1.54, 1.807) is 0 Å². The zero-order chi connectivity index (χ0) is 13.9. The molecule has 7 heteroatoms. The summed E-state index contributed by atoms with van der Waals surface area (Å²) >= 11 is 0. The fourth-order valence-electron chi connectivity index (χ4n) is 1.34. The Labute approximate surface area is 99.6 Å². The summed E-state index contributed by atoms with van der Waals surface area (Å²) in [6, 6.07) is 2.06. The molecule has 0 aliphatic carbocycles. The van der Waals surface area contributed by atoms with Crippen LogP contribution < -0.4 is 0 Å². The van der Waals surface area contributed by atoms with Gasteiger partial charge in [-0.2, -0.15) is 18.4 Å². The number of benzene rings is 1. The van der Waals surface area contributed by atoms with E-state index in [0.717, 1.165) is 0 Å². The highest BCUT2D eigenvalue weighted by Crippen LogP contribution is 2.34. The first-order valence-corrected chi connectivity index (χ1v) is 4.79. The zero-order valence-corrected chi connectivity index (χ0v) is 9.14. The molecule has 0 fully saturated rings. The van der Waals surface area contributed by atoms with Crippen molar-refractivity contribution in [3.63, 3.8) is 0 Å². The van der Waals surface area contributed by atoms with E-state index in [0.29, 0.717) is 6.07 Å². The topological polar surface area (TPSA) is 50.1 Å². The minimum Gasteiger partial charge on any atom is -0.462 e. The van der Waals surface area contributed by atoms with Crippen molar-refractivity contribution in [2.24, 2.45) is 0 Å². The third-order valence-electron chi connectivity index (χ3n) is 2.01. The molecule has 1 aromatic carbocycles. The lowest BCUT2D eigenvalue weighted by atomic mass is 10.0. The summed E-state index contributed by atoms with van der Waals surface area (Å²) < 4.78 is 55.4. The molecule has 0 heterocycles. The molecule has 0 aliphatic rings. The Hall–Kier alpha value is -2.10. The van der Waals surface area contributed by atoms with Crippen molar-refractivity contribution in [3.8, 4) is 6.07 Å². The first-order chi connectivity index (χ1) is 8.31. The zero-order valence-electron chi connectivity index (χ0n) is 9.14. The van der Waals surface area contributed by atoms with E-state index in [2.05, 4.69) is 4.74 Å². The Balaban J connectivity index is 3.54. The summed E-state index contributed by atoms with van der Waals surface area (Å²) in [5, 5.41) is 8.66. The van der Waals surface area contributed by atoms with Gasteiger partial charge in [-0.15, -0.1) is 0 Å². The Bertz CT molecular complexity index is 517. The summed E-state index contributed by atoms with van der Waals surface area (Å²) in [5.74, 6) is -2.55. The summed E-state index contributed by atoms with van der Waals surface area (Å²) in [6.07, 6.45) is -4.95. The molecule has 0 aromatic heterocycles. The second-order valence-electron chi connectivity index (χ2n) is 3.21. The fourth-order valence-corrected chi connectivity index (χ4v) is 1.34. The first-order valence-electron chi connectivity index (χ1n) is 4.79. The van der Waals surface area contributed by atoms with Crippen LogP contribution in [-0.4, -0.2) is 12.6 Å². The van der Waals surface area contributed by atoms with Gasteiger partial charge in [0, 0.05) is 0 Å². The van der Waals surface area contributed by atoms with Crippen molar-refractivity contribution in [2.45, 2.75) is 13.1 Å². The fraction of sp³-hybridized carbons (Fsp3) is 0.273. The van der Waals surface area contributed by atoms with Gasteiger partial charge >= 0.3 is 12.1 Å². The molecular weight excluding hydrogens is 254 g/mol. The van der Waals surface area contributed by atoms with Crippen molar-refractivity contribution in [1.82, 2.24) is 0 Å². The maximum absolute atomic E-state index is 13.0. The van der Waals surface area contributed by atoms with Crippen LogP contribution in [-0.2, 0) is 10.9 Å². The number of alkyl halides is 3. The maximum atomic E-state index is 13.0. The van der Waals surface area contributed by atoms with Crippen molar-refractivity contribution in [2.75, 3.05) is 6.61 Å². The normalized spacial score (nSPS) is 10.9. The van der Waals surface area contributed by atoms with Gasteiger partial charge < -0.3 is 4.74 Å². The van der Waals surface area contributed by atoms with E-state index in [1.165, 1.54) is 13.0 Å². The smallest absolute Gasteiger partial charge is 0.417 e. The lowest BCUT2D eigenvalue weighted by Gasteiger charge is -2.13. The number of carbonyl (C=O) groups is 1. The van der Waals surface area contributed by atoms with Crippen molar-refractivity contribution >= 4 is 5.97 Å². The van der Waals surface area contributed by atoms with Gasteiger partial charge in [-0.1, -0.05) is 0 Å². The Kier molecular flexibility index (Phi) is 3.91. The standard InChI is InChI=1S/C11H7F4NO2/c1-2-18-10(17)9-6(5-16)3-7(12)4-8(9)11(13,14)15/h3-4H,2H2,1H3. The number of carbonyl (C=O) groups excluding carboxylic acids is 1. The molecule has 0 saturated carbocycles. The summed E-state index contributed by atoms with van der Waals surface area (Å²) in [7, 11) is 0. The second kappa shape index (κ2) is 5.04.